The zero-order chi connectivity index (χ0) is 17.9. The lowest BCUT2D eigenvalue weighted by molar-refractivity contribution is 0.381. The number of ether oxygens (including phenoxy) is 1. The second-order valence-electron chi connectivity index (χ2n) is 7.80. The number of aromatic hydroxyl groups is 2. The van der Waals surface area contributed by atoms with E-state index in [1.165, 1.54) is 36.8 Å². The van der Waals surface area contributed by atoms with Crippen molar-refractivity contribution in [1.29, 1.82) is 0 Å². The van der Waals surface area contributed by atoms with Crippen molar-refractivity contribution >= 4 is 0 Å². The minimum absolute atomic E-state index is 0.275. The lowest BCUT2D eigenvalue weighted by atomic mass is 9.75. The molecule has 1 aliphatic carbocycles. The Labute approximate surface area is 149 Å². The van der Waals surface area contributed by atoms with Crippen LogP contribution in [0.15, 0.2) is 12.1 Å². The predicted octanol–water partition coefficient (Wildman–Crippen LogP) is 5.76. The maximum Gasteiger partial charge on any atom is 0.137 e. The molecule has 0 aromatic heterocycles. The van der Waals surface area contributed by atoms with Gasteiger partial charge in [0.25, 0.3) is 0 Å². The van der Waals surface area contributed by atoms with Gasteiger partial charge in [0.1, 0.15) is 23.0 Å². The van der Waals surface area contributed by atoms with Gasteiger partial charge in [0.2, 0.25) is 0 Å². The Morgan fingerprint density at radius 1 is 0.800 bits per heavy atom. The molecule has 0 bridgehead atoms. The second kappa shape index (κ2) is 5.69. The smallest absolute Gasteiger partial charge is 0.137 e. The molecule has 1 saturated carbocycles. The molecule has 0 radical (unpaired) electrons. The lowest BCUT2D eigenvalue weighted by Gasteiger charge is -2.35. The zero-order valence-corrected chi connectivity index (χ0v) is 15.4. The molecule has 2 N–H and O–H groups in total. The molecule has 1 aliphatic heterocycles. The molecular weight excluding hydrogens is 312 g/mol. The summed E-state index contributed by atoms with van der Waals surface area (Å²) < 4.78 is 6.28. The standard InChI is InChI=1S/C22H26O3/c1-11-9-16-18(15-7-5-6-8-15)17-10-12(2)20(24)14(4)22(17)25-21(16)13(3)19(11)23/h9-10,15,18,23-24H,5-8H2,1-4H3. The Kier molecular flexibility index (Phi) is 3.71. The minimum Gasteiger partial charge on any atom is -0.507 e. The normalized spacial score (nSPS) is 17.3. The van der Waals surface area contributed by atoms with Crippen molar-refractivity contribution < 1.29 is 14.9 Å². The van der Waals surface area contributed by atoms with Crippen molar-refractivity contribution in [3.8, 4) is 23.0 Å². The van der Waals surface area contributed by atoms with Gasteiger partial charge in [0.05, 0.1) is 0 Å². The molecule has 1 fully saturated rings. The molecule has 3 nitrogen and oxygen atoms in total. The Bertz CT molecular complexity index is 797. The van der Waals surface area contributed by atoms with Crippen molar-refractivity contribution in [1.82, 2.24) is 0 Å². The average molecular weight is 338 g/mol. The van der Waals surface area contributed by atoms with E-state index in [-0.39, 0.29) is 5.92 Å². The molecule has 0 saturated heterocycles. The highest BCUT2D eigenvalue weighted by Gasteiger charge is 2.37. The number of fused-ring (bicyclic) bond motifs is 2. The summed E-state index contributed by atoms with van der Waals surface area (Å²) in [5.41, 5.74) is 5.77. The Morgan fingerprint density at radius 3 is 1.68 bits per heavy atom. The van der Waals surface area contributed by atoms with Crippen LogP contribution in [0.3, 0.4) is 0 Å². The van der Waals surface area contributed by atoms with E-state index in [1.54, 1.807) is 0 Å². The van der Waals surface area contributed by atoms with Crippen LogP contribution in [0.1, 0.15) is 65.0 Å². The maximum absolute atomic E-state index is 10.4. The van der Waals surface area contributed by atoms with Crippen LogP contribution >= 0.6 is 0 Å². The van der Waals surface area contributed by atoms with Gasteiger partial charge in [-0.3, -0.25) is 0 Å². The van der Waals surface area contributed by atoms with E-state index in [4.69, 9.17) is 4.74 Å². The van der Waals surface area contributed by atoms with Crippen LogP contribution in [-0.4, -0.2) is 10.2 Å². The first-order chi connectivity index (χ1) is 11.9. The summed E-state index contributed by atoms with van der Waals surface area (Å²) in [6.07, 6.45) is 5.00. The molecule has 2 aromatic rings. The number of rotatable bonds is 1. The molecule has 132 valence electrons. The topological polar surface area (TPSA) is 49.7 Å². The molecule has 1 heterocycles. The van der Waals surface area contributed by atoms with Crippen molar-refractivity contribution in [3.63, 3.8) is 0 Å². The van der Waals surface area contributed by atoms with Crippen molar-refractivity contribution in [2.75, 3.05) is 0 Å². The number of aryl methyl sites for hydroxylation is 2. The third-order valence-electron chi connectivity index (χ3n) is 6.15. The first-order valence-electron chi connectivity index (χ1n) is 9.24. The van der Waals surface area contributed by atoms with Crippen LogP contribution in [0.5, 0.6) is 23.0 Å². The van der Waals surface area contributed by atoms with Crippen molar-refractivity contribution in [2.45, 2.75) is 59.3 Å². The molecule has 2 aliphatic rings. The highest BCUT2D eigenvalue weighted by Crippen LogP contribution is 2.56. The summed E-state index contributed by atoms with van der Waals surface area (Å²) in [6, 6.07) is 4.20. The molecule has 2 aromatic carbocycles. The molecule has 0 amide bonds. The molecule has 0 spiro atoms. The fourth-order valence-electron chi connectivity index (χ4n) is 4.78. The number of benzene rings is 2. The number of phenolic OH excluding ortho intramolecular Hbond substituents is 2. The second-order valence-corrected chi connectivity index (χ2v) is 7.80. The molecule has 0 unspecified atom stereocenters. The first-order valence-corrected chi connectivity index (χ1v) is 9.24. The Hall–Kier alpha value is -2.16. The lowest BCUT2D eigenvalue weighted by Crippen LogP contribution is -2.19. The van der Waals surface area contributed by atoms with E-state index in [0.29, 0.717) is 17.4 Å². The maximum atomic E-state index is 10.4. The van der Waals surface area contributed by atoms with Gasteiger partial charge in [0, 0.05) is 28.2 Å². The van der Waals surface area contributed by atoms with E-state index in [2.05, 4.69) is 12.1 Å². The number of hydrogen-bond donors (Lipinski definition) is 2. The van der Waals surface area contributed by atoms with E-state index in [9.17, 15) is 10.2 Å². The van der Waals surface area contributed by atoms with Gasteiger partial charge in [0.15, 0.2) is 0 Å². The summed E-state index contributed by atoms with van der Waals surface area (Å²) >= 11 is 0. The molecule has 25 heavy (non-hydrogen) atoms. The van der Waals surface area contributed by atoms with Gasteiger partial charge in [-0.15, -0.1) is 0 Å². The van der Waals surface area contributed by atoms with Gasteiger partial charge in [-0.25, -0.2) is 0 Å². The van der Waals surface area contributed by atoms with E-state index >= 15 is 0 Å². The SMILES string of the molecule is Cc1cc2c(c(C)c1O)Oc1c(cc(C)c(O)c1C)C2C1CCCC1. The summed E-state index contributed by atoms with van der Waals surface area (Å²) in [5, 5.41) is 20.8. The van der Waals surface area contributed by atoms with Gasteiger partial charge in [-0.05, 0) is 69.7 Å². The van der Waals surface area contributed by atoms with Crippen LogP contribution in [0.2, 0.25) is 0 Å². The van der Waals surface area contributed by atoms with Crippen molar-refractivity contribution in [2.24, 2.45) is 5.92 Å². The van der Waals surface area contributed by atoms with Gasteiger partial charge < -0.3 is 14.9 Å². The summed E-state index contributed by atoms with van der Waals surface area (Å²) in [5.74, 6) is 3.03. The van der Waals surface area contributed by atoms with Crippen LogP contribution in [0, 0.1) is 33.6 Å². The Balaban J connectivity index is 2.00. The monoisotopic (exact) mass is 338 g/mol. The molecule has 4 rings (SSSR count). The van der Waals surface area contributed by atoms with Crippen LogP contribution in [-0.2, 0) is 0 Å². The highest BCUT2D eigenvalue weighted by molar-refractivity contribution is 5.65. The van der Waals surface area contributed by atoms with Crippen molar-refractivity contribution in [3.05, 3.63) is 45.5 Å². The predicted molar refractivity (Wildman–Crippen MR) is 99.0 cm³/mol. The molecular formula is C22H26O3. The van der Waals surface area contributed by atoms with Crippen LogP contribution in [0.4, 0.5) is 0 Å². The van der Waals surface area contributed by atoms with Gasteiger partial charge in [-0.2, -0.15) is 0 Å². The fraction of sp³-hybridized carbons (Fsp3) is 0.455. The molecule has 0 atom stereocenters. The largest absolute Gasteiger partial charge is 0.507 e. The van der Waals surface area contributed by atoms with E-state index in [0.717, 1.165) is 33.8 Å². The van der Waals surface area contributed by atoms with E-state index in [1.807, 2.05) is 27.7 Å². The summed E-state index contributed by atoms with van der Waals surface area (Å²) in [6.45, 7) is 7.75. The summed E-state index contributed by atoms with van der Waals surface area (Å²) in [7, 11) is 0. The third-order valence-corrected chi connectivity index (χ3v) is 6.15. The zero-order valence-electron chi connectivity index (χ0n) is 15.4. The third kappa shape index (κ3) is 2.32. The summed E-state index contributed by atoms with van der Waals surface area (Å²) in [4.78, 5) is 0. The van der Waals surface area contributed by atoms with Gasteiger partial charge in [-0.1, -0.05) is 12.8 Å². The quantitative estimate of drug-likeness (QED) is 0.695. The van der Waals surface area contributed by atoms with Crippen LogP contribution in [0.25, 0.3) is 0 Å². The molecule has 3 heteroatoms. The van der Waals surface area contributed by atoms with Gasteiger partial charge >= 0.3 is 0 Å². The average Bonchev–Trinajstić information content (AvgIpc) is 3.11. The number of hydrogen-bond acceptors (Lipinski definition) is 3. The first kappa shape index (κ1) is 16.3. The van der Waals surface area contributed by atoms with E-state index < -0.39 is 0 Å². The fourth-order valence-corrected chi connectivity index (χ4v) is 4.78. The Morgan fingerprint density at radius 2 is 1.24 bits per heavy atom. The number of phenols is 2. The van der Waals surface area contributed by atoms with Crippen LogP contribution < -0.4 is 4.74 Å². The highest BCUT2D eigenvalue weighted by atomic mass is 16.5. The minimum atomic E-state index is 0.275.